The van der Waals surface area contributed by atoms with E-state index in [1.54, 1.807) is 0 Å². The van der Waals surface area contributed by atoms with Crippen molar-refractivity contribution < 1.29 is 0 Å². The molecule has 76 valence electrons. The Morgan fingerprint density at radius 3 is 3.08 bits per heavy atom. The fourth-order valence-electron chi connectivity index (χ4n) is 1.93. The van der Waals surface area contributed by atoms with Crippen LogP contribution in [0.1, 0.15) is 25.7 Å². The summed E-state index contributed by atoms with van der Waals surface area (Å²) in [6.45, 7) is 7.11. The van der Waals surface area contributed by atoms with Gasteiger partial charge in [0.25, 0.3) is 0 Å². The zero-order valence-corrected chi connectivity index (χ0v) is 8.76. The highest BCUT2D eigenvalue weighted by Gasteiger charge is 2.12. The minimum atomic E-state index is 0.701. The molecule has 0 amide bonds. The number of hydrogen-bond acceptors (Lipinski definition) is 2. The van der Waals surface area contributed by atoms with E-state index >= 15 is 0 Å². The number of nitrogens with zero attached hydrogens (tertiary/aromatic N) is 1. The van der Waals surface area contributed by atoms with Crippen LogP contribution in [0.2, 0.25) is 0 Å². The predicted octanol–water partition coefficient (Wildman–Crippen LogP) is 1.64. The summed E-state index contributed by atoms with van der Waals surface area (Å²) in [6, 6.07) is 0.701. The topological polar surface area (TPSA) is 15.3 Å². The van der Waals surface area contributed by atoms with Gasteiger partial charge in [-0.1, -0.05) is 18.9 Å². The Morgan fingerprint density at radius 2 is 2.31 bits per heavy atom. The van der Waals surface area contributed by atoms with Gasteiger partial charge in [-0.15, -0.1) is 6.58 Å². The Hall–Kier alpha value is -0.340. The van der Waals surface area contributed by atoms with Crippen molar-refractivity contribution in [1.29, 1.82) is 0 Å². The number of rotatable bonds is 4. The quantitative estimate of drug-likeness (QED) is 0.665. The van der Waals surface area contributed by atoms with Crippen molar-refractivity contribution in [3.05, 3.63) is 12.7 Å². The summed E-state index contributed by atoms with van der Waals surface area (Å²) in [7, 11) is 2.16. The molecule has 0 radical (unpaired) electrons. The van der Waals surface area contributed by atoms with Crippen molar-refractivity contribution in [2.75, 3.05) is 26.7 Å². The standard InChI is InChI=1S/C11H22N2/c1-3-9-13(2)10-11-7-5-4-6-8-12-11/h3,11-12H,1,4-10H2,2H3. The highest BCUT2D eigenvalue weighted by molar-refractivity contribution is 4.77. The summed E-state index contributed by atoms with van der Waals surface area (Å²) in [4.78, 5) is 2.33. The maximum absolute atomic E-state index is 3.75. The van der Waals surface area contributed by atoms with Crippen molar-refractivity contribution >= 4 is 0 Å². The van der Waals surface area contributed by atoms with Gasteiger partial charge in [-0.3, -0.25) is 0 Å². The van der Waals surface area contributed by atoms with Gasteiger partial charge in [-0.25, -0.2) is 0 Å². The molecule has 1 aliphatic heterocycles. The molecule has 0 saturated carbocycles. The molecule has 1 fully saturated rings. The minimum absolute atomic E-state index is 0.701. The molecule has 1 atom stereocenters. The predicted molar refractivity (Wildman–Crippen MR) is 58.0 cm³/mol. The Labute approximate surface area is 82.0 Å². The molecule has 1 unspecified atom stereocenters. The lowest BCUT2D eigenvalue weighted by molar-refractivity contribution is 0.309. The van der Waals surface area contributed by atoms with Crippen molar-refractivity contribution in [2.45, 2.75) is 31.7 Å². The van der Waals surface area contributed by atoms with Crippen LogP contribution in [0.4, 0.5) is 0 Å². The number of likely N-dealkylation sites (N-methyl/N-ethyl adjacent to an activating group) is 1. The average Bonchev–Trinajstić information content (AvgIpc) is 2.33. The molecule has 13 heavy (non-hydrogen) atoms. The third-order valence-corrected chi connectivity index (χ3v) is 2.64. The largest absolute Gasteiger partial charge is 0.313 e. The minimum Gasteiger partial charge on any atom is -0.313 e. The zero-order chi connectivity index (χ0) is 9.52. The van der Waals surface area contributed by atoms with E-state index in [0.29, 0.717) is 6.04 Å². The van der Waals surface area contributed by atoms with E-state index in [4.69, 9.17) is 0 Å². The van der Waals surface area contributed by atoms with Crippen molar-refractivity contribution in [3.63, 3.8) is 0 Å². The molecule has 1 N–H and O–H groups in total. The van der Waals surface area contributed by atoms with E-state index in [9.17, 15) is 0 Å². The van der Waals surface area contributed by atoms with Gasteiger partial charge >= 0.3 is 0 Å². The van der Waals surface area contributed by atoms with Crippen LogP contribution in [0.5, 0.6) is 0 Å². The van der Waals surface area contributed by atoms with Gasteiger partial charge in [0, 0.05) is 19.1 Å². The molecule has 0 aromatic carbocycles. The van der Waals surface area contributed by atoms with E-state index in [0.717, 1.165) is 13.1 Å². The van der Waals surface area contributed by atoms with E-state index < -0.39 is 0 Å². The fraction of sp³-hybridized carbons (Fsp3) is 0.818. The first-order chi connectivity index (χ1) is 6.33. The van der Waals surface area contributed by atoms with Crippen molar-refractivity contribution in [2.24, 2.45) is 0 Å². The van der Waals surface area contributed by atoms with Gasteiger partial charge in [-0.2, -0.15) is 0 Å². The maximum atomic E-state index is 3.75. The van der Waals surface area contributed by atoms with E-state index in [2.05, 4.69) is 23.8 Å². The third-order valence-electron chi connectivity index (χ3n) is 2.64. The molecule has 2 heteroatoms. The molecular formula is C11H22N2. The summed E-state index contributed by atoms with van der Waals surface area (Å²) < 4.78 is 0. The maximum Gasteiger partial charge on any atom is 0.0195 e. The highest BCUT2D eigenvalue weighted by atomic mass is 15.1. The van der Waals surface area contributed by atoms with E-state index in [-0.39, 0.29) is 0 Å². The smallest absolute Gasteiger partial charge is 0.0195 e. The molecule has 0 aliphatic carbocycles. The lowest BCUT2D eigenvalue weighted by Gasteiger charge is -2.22. The van der Waals surface area contributed by atoms with Crippen LogP contribution in [0.3, 0.4) is 0 Å². The lowest BCUT2D eigenvalue weighted by Crippen LogP contribution is -2.39. The SMILES string of the molecule is C=CCN(C)CC1CCCCCN1. The van der Waals surface area contributed by atoms with Crippen LogP contribution < -0.4 is 5.32 Å². The summed E-state index contributed by atoms with van der Waals surface area (Å²) in [5, 5.41) is 3.59. The zero-order valence-electron chi connectivity index (χ0n) is 8.76. The number of hydrogen-bond donors (Lipinski definition) is 1. The van der Waals surface area contributed by atoms with E-state index in [1.807, 2.05) is 6.08 Å². The summed E-state index contributed by atoms with van der Waals surface area (Å²) in [6.07, 6.45) is 7.44. The first kappa shape index (κ1) is 10.7. The van der Waals surface area contributed by atoms with Gasteiger partial charge in [0.05, 0.1) is 0 Å². The van der Waals surface area contributed by atoms with Crippen LogP contribution >= 0.6 is 0 Å². The fourth-order valence-corrected chi connectivity index (χ4v) is 1.93. The molecule has 1 rings (SSSR count). The van der Waals surface area contributed by atoms with Crippen molar-refractivity contribution in [3.8, 4) is 0 Å². The monoisotopic (exact) mass is 182 g/mol. The van der Waals surface area contributed by atoms with Crippen molar-refractivity contribution in [1.82, 2.24) is 10.2 Å². The molecule has 1 saturated heterocycles. The molecule has 1 heterocycles. The summed E-state index contributed by atoms with van der Waals surface area (Å²) >= 11 is 0. The first-order valence-corrected chi connectivity index (χ1v) is 5.35. The van der Waals surface area contributed by atoms with Crippen LogP contribution in [-0.2, 0) is 0 Å². The molecule has 1 aliphatic rings. The average molecular weight is 182 g/mol. The third kappa shape index (κ3) is 4.44. The molecule has 0 aromatic rings. The first-order valence-electron chi connectivity index (χ1n) is 5.35. The van der Waals surface area contributed by atoms with Gasteiger partial charge < -0.3 is 10.2 Å². The van der Waals surface area contributed by atoms with Gasteiger partial charge in [-0.05, 0) is 26.4 Å². The molecular weight excluding hydrogens is 160 g/mol. The Bertz CT molecular complexity index is 137. The molecule has 0 aromatic heterocycles. The number of nitrogens with one attached hydrogen (secondary N) is 1. The van der Waals surface area contributed by atoms with Crippen LogP contribution in [0.15, 0.2) is 12.7 Å². The molecule has 2 nitrogen and oxygen atoms in total. The molecule has 0 spiro atoms. The molecule has 0 bridgehead atoms. The van der Waals surface area contributed by atoms with Gasteiger partial charge in [0.15, 0.2) is 0 Å². The second-order valence-corrected chi connectivity index (χ2v) is 4.01. The Morgan fingerprint density at radius 1 is 1.46 bits per heavy atom. The summed E-state index contributed by atoms with van der Waals surface area (Å²) in [5.74, 6) is 0. The Balaban J connectivity index is 2.20. The normalized spacial score (nSPS) is 24.3. The van der Waals surface area contributed by atoms with Gasteiger partial charge in [0.2, 0.25) is 0 Å². The van der Waals surface area contributed by atoms with Gasteiger partial charge in [0.1, 0.15) is 0 Å². The van der Waals surface area contributed by atoms with Crippen LogP contribution in [0.25, 0.3) is 0 Å². The second kappa shape index (κ2) is 6.17. The highest BCUT2D eigenvalue weighted by Crippen LogP contribution is 2.08. The second-order valence-electron chi connectivity index (χ2n) is 4.01. The van der Waals surface area contributed by atoms with Crippen LogP contribution in [0, 0.1) is 0 Å². The summed E-state index contributed by atoms with van der Waals surface area (Å²) in [5.41, 5.74) is 0. The van der Waals surface area contributed by atoms with E-state index in [1.165, 1.54) is 32.2 Å². The Kier molecular flexibility index (Phi) is 5.09. The lowest BCUT2D eigenvalue weighted by atomic mass is 10.1. The van der Waals surface area contributed by atoms with Crippen LogP contribution in [-0.4, -0.2) is 37.6 Å².